The zero-order valence-corrected chi connectivity index (χ0v) is 14.0. The van der Waals surface area contributed by atoms with Gasteiger partial charge in [0.1, 0.15) is 0 Å². The Morgan fingerprint density at radius 3 is 1.29 bits per heavy atom. The standard InChI is InChI=1S/C12H14B2.C6H15N/c1(11-3-7-13-8-4-11)2-12-5-9-14-10-6-12;1-5(2)7-6(3)4/h3-12H,1-2H2;5-7H,1-4H3. The van der Waals surface area contributed by atoms with E-state index in [9.17, 15) is 0 Å². The van der Waals surface area contributed by atoms with Crippen LogP contribution in [0.25, 0.3) is 0 Å². The average Bonchev–Trinajstić information content (AvgIpc) is 2.46. The second kappa shape index (κ2) is 10.7. The fourth-order valence-corrected chi connectivity index (χ4v) is 2.52. The van der Waals surface area contributed by atoms with Crippen LogP contribution in [-0.4, -0.2) is 26.6 Å². The van der Waals surface area contributed by atoms with Crippen LogP contribution in [0.2, 0.25) is 0 Å². The monoisotopic (exact) mass is 281 g/mol. The molecule has 3 heteroatoms. The maximum absolute atomic E-state index is 3.31. The van der Waals surface area contributed by atoms with Crippen molar-refractivity contribution in [2.75, 3.05) is 0 Å². The molecule has 2 heterocycles. The maximum Gasteiger partial charge on any atom is 0.170 e. The highest BCUT2D eigenvalue weighted by atomic mass is 14.9. The quantitative estimate of drug-likeness (QED) is 0.754. The molecule has 2 rings (SSSR count). The highest BCUT2D eigenvalue weighted by Crippen LogP contribution is 2.19. The average molecular weight is 281 g/mol. The van der Waals surface area contributed by atoms with Gasteiger partial charge in [0.2, 0.25) is 0 Å². The van der Waals surface area contributed by atoms with E-state index in [4.69, 9.17) is 0 Å². The number of nitrogens with one attached hydrogen (secondary N) is 1. The minimum Gasteiger partial charge on any atom is -0.312 e. The van der Waals surface area contributed by atoms with E-state index in [0.29, 0.717) is 23.9 Å². The van der Waals surface area contributed by atoms with Crippen molar-refractivity contribution in [3.63, 3.8) is 0 Å². The largest absolute Gasteiger partial charge is 0.312 e. The lowest BCUT2D eigenvalue weighted by molar-refractivity contribution is 0.518. The highest BCUT2D eigenvalue weighted by Gasteiger charge is 2.07. The van der Waals surface area contributed by atoms with Gasteiger partial charge in [-0.1, -0.05) is 52.0 Å². The fourth-order valence-electron chi connectivity index (χ4n) is 2.52. The molecule has 0 aromatic heterocycles. The molecule has 2 aliphatic heterocycles. The van der Waals surface area contributed by atoms with Gasteiger partial charge >= 0.3 is 0 Å². The molecule has 21 heavy (non-hydrogen) atoms. The minimum absolute atomic E-state index is 0.625. The van der Waals surface area contributed by atoms with E-state index in [1.165, 1.54) is 12.8 Å². The van der Waals surface area contributed by atoms with Crippen molar-refractivity contribution in [3.8, 4) is 0 Å². The third-order valence-electron chi connectivity index (χ3n) is 3.38. The third kappa shape index (κ3) is 9.57. The van der Waals surface area contributed by atoms with E-state index >= 15 is 0 Å². The summed E-state index contributed by atoms with van der Waals surface area (Å²) in [5.41, 5.74) is 0. The number of rotatable bonds is 5. The predicted molar refractivity (Wildman–Crippen MR) is 97.7 cm³/mol. The molecule has 1 nitrogen and oxygen atoms in total. The lowest BCUT2D eigenvalue weighted by Crippen LogP contribution is -2.29. The summed E-state index contributed by atoms with van der Waals surface area (Å²) in [6.07, 6.45) is 11.6. The van der Waals surface area contributed by atoms with E-state index in [1.54, 1.807) is 0 Å². The molecule has 0 aromatic carbocycles. The molecule has 112 valence electrons. The van der Waals surface area contributed by atoms with E-state index < -0.39 is 0 Å². The first-order valence-electron chi connectivity index (χ1n) is 8.20. The van der Waals surface area contributed by atoms with Gasteiger partial charge in [-0.25, -0.2) is 0 Å². The predicted octanol–water partition coefficient (Wildman–Crippen LogP) is 3.88. The molecular formula is C18H29B2N. The second-order valence-electron chi connectivity index (χ2n) is 6.31. The van der Waals surface area contributed by atoms with Crippen LogP contribution in [0.15, 0.2) is 48.2 Å². The topological polar surface area (TPSA) is 12.0 Å². The Morgan fingerprint density at radius 2 is 1.05 bits per heavy atom. The molecular weight excluding hydrogens is 252 g/mol. The molecule has 2 aliphatic rings. The van der Waals surface area contributed by atoms with Crippen LogP contribution >= 0.6 is 0 Å². The zero-order chi connectivity index (χ0) is 15.5. The van der Waals surface area contributed by atoms with Crippen LogP contribution in [0.3, 0.4) is 0 Å². The van der Waals surface area contributed by atoms with E-state index in [2.05, 4.69) is 95.8 Å². The van der Waals surface area contributed by atoms with Crippen LogP contribution in [0.5, 0.6) is 0 Å². The molecule has 0 unspecified atom stereocenters. The van der Waals surface area contributed by atoms with Crippen molar-refractivity contribution in [3.05, 3.63) is 48.2 Å². The Balaban J connectivity index is 0.000000270. The summed E-state index contributed by atoms with van der Waals surface area (Å²) in [6.45, 7) is 8.61. The Bertz CT molecular complexity index is 321. The van der Waals surface area contributed by atoms with Crippen LogP contribution in [-0.2, 0) is 0 Å². The van der Waals surface area contributed by atoms with E-state index in [0.717, 1.165) is 0 Å². The van der Waals surface area contributed by atoms with Crippen LogP contribution in [0, 0.1) is 11.8 Å². The first-order valence-corrected chi connectivity index (χ1v) is 8.20. The summed E-state index contributed by atoms with van der Waals surface area (Å²) in [5.74, 6) is 9.87. The molecule has 0 fully saturated rings. The number of hydrogen-bond acceptors (Lipinski definition) is 1. The van der Waals surface area contributed by atoms with Crippen molar-refractivity contribution < 1.29 is 0 Å². The Kier molecular flexibility index (Phi) is 9.25. The molecule has 0 atom stereocenters. The molecule has 0 spiro atoms. The molecule has 0 amide bonds. The molecule has 2 radical (unpaired) electrons. The second-order valence-corrected chi connectivity index (χ2v) is 6.31. The first kappa shape index (κ1) is 18.1. The summed E-state index contributed by atoms with van der Waals surface area (Å²) in [4.78, 5) is 0. The molecule has 0 saturated heterocycles. The lowest BCUT2D eigenvalue weighted by atomic mass is 9.71. The highest BCUT2D eigenvalue weighted by molar-refractivity contribution is 6.48. The first-order chi connectivity index (χ1) is 10.1. The third-order valence-corrected chi connectivity index (χ3v) is 3.38. The van der Waals surface area contributed by atoms with Gasteiger partial charge in [-0.2, -0.15) is 0 Å². The summed E-state index contributed by atoms with van der Waals surface area (Å²) >= 11 is 0. The molecule has 1 N–H and O–H groups in total. The van der Waals surface area contributed by atoms with Crippen molar-refractivity contribution in [2.24, 2.45) is 11.8 Å². The van der Waals surface area contributed by atoms with Gasteiger partial charge < -0.3 is 5.32 Å². The SMILES string of the molecule is CC(C)NC(C)C.[B]1C=CC(CCC2C=C[B]C=C2)C=C1. The smallest absolute Gasteiger partial charge is 0.170 e. The molecule has 0 bridgehead atoms. The number of hydrogen-bond donors (Lipinski definition) is 1. The number of allylic oxidation sites excluding steroid dienone is 4. The van der Waals surface area contributed by atoms with Gasteiger partial charge in [0.15, 0.2) is 14.6 Å². The van der Waals surface area contributed by atoms with Crippen LogP contribution in [0.1, 0.15) is 40.5 Å². The summed E-state index contributed by atoms with van der Waals surface area (Å²) in [7, 11) is 4.18. The minimum atomic E-state index is 0.625. The van der Waals surface area contributed by atoms with Crippen molar-refractivity contribution >= 4 is 14.6 Å². The molecule has 0 saturated carbocycles. The summed E-state index contributed by atoms with van der Waals surface area (Å²) < 4.78 is 0. The lowest BCUT2D eigenvalue weighted by Gasteiger charge is -2.14. The molecule has 0 aromatic rings. The zero-order valence-electron chi connectivity index (χ0n) is 14.0. The van der Waals surface area contributed by atoms with Gasteiger partial charge in [0.05, 0.1) is 0 Å². The van der Waals surface area contributed by atoms with Crippen molar-refractivity contribution in [1.29, 1.82) is 0 Å². The van der Waals surface area contributed by atoms with E-state index in [-0.39, 0.29) is 0 Å². The molecule has 0 aliphatic carbocycles. The summed E-state index contributed by atoms with van der Waals surface area (Å²) in [5, 5.41) is 3.31. The van der Waals surface area contributed by atoms with Gasteiger partial charge in [-0.05, 0) is 24.7 Å². The van der Waals surface area contributed by atoms with Crippen molar-refractivity contribution in [1.82, 2.24) is 5.32 Å². The fraction of sp³-hybridized carbons (Fsp3) is 0.556. The van der Waals surface area contributed by atoms with Gasteiger partial charge in [0.25, 0.3) is 0 Å². The van der Waals surface area contributed by atoms with Crippen molar-refractivity contribution in [2.45, 2.75) is 52.6 Å². The Morgan fingerprint density at radius 1 is 0.714 bits per heavy atom. The Hall–Kier alpha value is -0.950. The van der Waals surface area contributed by atoms with Gasteiger partial charge in [0, 0.05) is 12.1 Å². The van der Waals surface area contributed by atoms with Crippen LogP contribution < -0.4 is 5.32 Å². The van der Waals surface area contributed by atoms with Gasteiger partial charge in [-0.3, -0.25) is 0 Å². The van der Waals surface area contributed by atoms with Gasteiger partial charge in [-0.15, -0.1) is 23.9 Å². The Labute approximate surface area is 133 Å². The van der Waals surface area contributed by atoms with Crippen LogP contribution in [0.4, 0.5) is 0 Å². The summed E-state index contributed by atoms with van der Waals surface area (Å²) in [6, 6.07) is 1.25. The van der Waals surface area contributed by atoms with E-state index in [1.807, 2.05) is 0 Å². The normalized spacial score (nSPS) is 17.6. The maximum atomic E-state index is 3.31.